The van der Waals surface area contributed by atoms with Gasteiger partial charge in [-0.2, -0.15) is 0 Å². The van der Waals surface area contributed by atoms with Crippen LogP contribution in [-0.2, 0) is 11.3 Å². The molecular formula is C19H26N6O. The van der Waals surface area contributed by atoms with E-state index in [1.54, 1.807) is 0 Å². The molecule has 2 aromatic rings. The molecule has 2 fully saturated rings. The van der Waals surface area contributed by atoms with Gasteiger partial charge in [0.2, 0.25) is 5.91 Å². The maximum absolute atomic E-state index is 12.5. The minimum absolute atomic E-state index is 0.00513. The lowest BCUT2D eigenvalue weighted by molar-refractivity contribution is -0.121. The Labute approximate surface area is 153 Å². The Morgan fingerprint density at radius 3 is 2.65 bits per heavy atom. The number of aryl methyl sites for hydroxylation is 2. The van der Waals surface area contributed by atoms with Gasteiger partial charge in [-0.25, -0.2) is 4.68 Å². The van der Waals surface area contributed by atoms with E-state index < -0.39 is 0 Å². The molecule has 2 aliphatic heterocycles. The highest BCUT2D eigenvalue weighted by Crippen LogP contribution is 2.39. The van der Waals surface area contributed by atoms with E-state index in [1.807, 2.05) is 29.8 Å². The summed E-state index contributed by atoms with van der Waals surface area (Å²) < 4.78 is 1.85. The molecule has 3 heterocycles. The molecule has 7 heteroatoms. The molecule has 26 heavy (non-hydrogen) atoms. The van der Waals surface area contributed by atoms with Crippen molar-refractivity contribution >= 4 is 5.91 Å². The van der Waals surface area contributed by atoms with Gasteiger partial charge < -0.3 is 10.2 Å². The maximum Gasteiger partial charge on any atom is 0.228 e. The topological polar surface area (TPSA) is 75.9 Å². The van der Waals surface area contributed by atoms with Crippen molar-refractivity contribution in [1.82, 2.24) is 30.4 Å². The zero-order valence-electron chi connectivity index (χ0n) is 15.3. The van der Waals surface area contributed by atoms with E-state index in [0.717, 1.165) is 63.3 Å². The van der Waals surface area contributed by atoms with Crippen molar-refractivity contribution < 1.29 is 4.79 Å². The van der Waals surface area contributed by atoms with Crippen LogP contribution in [0.4, 0.5) is 0 Å². The smallest absolute Gasteiger partial charge is 0.228 e. The number of tetrazole rings is 1. The van der Waals surface area contributed by atoms with E-state index in [2.05, 4.69) is 37.9 Å². The van der Waals surface area contributed by atoms with Crippen LogP contribution in [0.3, 0.4) is 0 Å². The number of piperidine rings is 1. The largest absolute Gasteiger partial charge is 0.350 e. The summed E-state index contributed by atoms with van der Waals surface area (Å²) in [7, 11) is 0. The number of amides is 1. The summed E-state index contributed by atoms with van der Waals surface area (Å²) in [5.74, 6) is 1.06. The van der Waals surface area contributed by atoms with Gasteiger partial charge in [0.15, 0.2) is 0 Å². The van der Waals surface area contributed by atoms with E-state index >= 15 is 0 Å². The number of hydrogen-bond acceptors (Lipinski definition) is 5. The van der Waals surface area contributed by atoms with Gasteiger partial charge in [-0.05, 0) is 55.1 Å². The van der Waals surface area contributed by atoms with Crippen LogP contribution in [0.5, 0.6) is 0 Å². The third kappa shape index (κ3) is 3.49. The molecule has 0 bridgehead atoms. The minimum Gasteiger partial charge on any atom is -0.350 e. The molecular weight excluding hydrogens is 328 g/mol. The molecule has 2 saturated heterocycles. The third-order valence-electron chi connectivity index (χ3n) is 5.87. The van der Waals surface area contributed by atoms with Crippen molar-refractivity contribution in [3.63, 3.8) is 0 Å². The molecule has 2 aliphatic rings. The minimum atomic E-state index is -0.0134. The summed E-state index contributed by atoms with van der Waals surface area (Å²) in [6.45, 7) is 5.90. The zero-order chi connectivity index (χ0) is 18.0. The lowest BCUT2D eigenvalue weighted by atomic mass is 9.82. The highest BCUT2D eigenvalue weighted by molar-refractivity contribution is 5.87. The van der Waals surface area contributed by atoms with Gasteiger partial charge in [-0.3, -0.25) is 4.79 Å². The van der Waals surface area contributed by atoms with Crippen LogP contribution in [0, 0.1) is 6.92 Å². The monoisotopic (exact) mass is 354 g/mol. The van der Waals surface area contributed by atoms with E-state index in [-0.39, 0.29) is 17.4 Å². The number of rotatable bonds is 5. The molecule has 1 aromatic carbocycles. The molecule has 1 aromatic heterocycles. The van der Waals surface area contributed by atoms with Gasteiger partial charge in [0.05, 0.1) is 5.92 Å². The van der Waals surface area contributed by atoms with Crippen molar-refractivity contribution in [3.05, 3.63) is 41.7 Å². The SMILES string of the molecule is Cc1nnnn1CCCN1CCC2(CC1)C[C@@H](c1ccccc1)C(=O)N2. The number of nitrogens with one attached hydrogen (secondary N) is 1. The summed E-state index contributed by atoms with van der Waals surface area (Å²) in [5.41, 5.74) is 1.13. The highest BCUT2D eigenvalue weighted by Gasteiger charge is 2.45. The zero-order valence-corrected chi connectivity index (χ0v) is 15.3. The summed E-state index contributed by atoms with van der Waals surface area (Å²) in [6.07, 6.45) is 4.03. The average molecular weight is 354 g/mol. The Bertz CT molecular complexity index is 750. The Kier molecular flexibility index (Phi) is 4.72. The number of aromatic nitrogens is 4. The van der Waals surface area contributed by atoms with E-state index in [9.17, 15) is 4.79 Å². The molecule has 0 radical (unpaired) electrons. The summed E-state index contributed by atoms with van der Waals surface area (Å²) in [6, 6.07) is 10.2. The number of benzene rings is 1. The number of likely N-dealkylation sites (tertiary alicyclic amines) is 1. The number of nitrogens with zero attached hydrogens (tertiary/aromatic N) is 5. The first-order valence-electron chi connectivity index (χ1n) is 9.47. The Balaban J connectivity index is 1.28. The van der Waals surface area contributed by atoms with Crippen molar-refractivity contribution in [2.45, 2.75) is 50.6 Å². The van der Waals surface area contributed by atoms with Gasteiger partial charge in [0.1, 0.15) is 5.82 Å². The van der Waals surface area contributed by atoms with Crippen molar-refractivity contribution in [1.29, 1.82) is 0 Å². The van der Waals surface area contributed by atoms with Gasteiger partial charge >= 0.3 is 0 Å². The normalized spacial score (nSPS) is 22.7. The van der Waals surface area contributed by atoms with Crippen LogP contribution in [0.15, 0.2) is 30.3 Å². The standard InChI is InChI=1S/C19H26N6O/c1-15-21-22-23-25(15)11-5-10-24-12-8-19(9-13-24)14-17(18(26)20-19)16-6-3-2-4-7-16/h2-4,6-7,17H,5,8-14H2,1H3,(H,20,26)/t17-/m0/s1. The quantitative estimate of drug-likeness (QED) is 0.881. The molecule has 7 nitrogen and oxygen atoms in total. The molecule has 1 spiro atoms. The summed E-state index contributed by atoms with van der Waals surface area (Å²) >= 11 is 0. The lowest BCUT2D eigenvalue weighted by Crippen LogP contribution is -2.51. The first-order valence-corrected chi connectivity index (χ1v) is 9.47. The van der Waals surface area contributed by atoms with E-state index in [0.29, 0.717) is 0 Å². The highest BCUT2D eigenvalue weighted by atomic mass is 16.2. The second-order valence-corrected chi connectivity index (χ2v) is 7.58. The average Bonchev–Trinajstić information content (AvgIpc) is 3.21. The molecule has 4 rings (SSSR count). The van der Waals surface area contributed by atoms with Crippen LogP contribution in [0.25, 0.3) is 0 Å². The number of carbonyl (C=O) groups is 1. The Morgan fingerprint density at radius 1 is 1.19 bits per heavy atom. The predicted octanol–water partition coefficient (Wildman–Crippen LogP) is 1.51. The van der Waals surface area contributed by atoms with Gasteiger partial charge in [-0.15, -0.1) is 5.10 Å². The maximum atomic E-state index is 12.5. The molecule has 0 saturated carbocycles. The molecule has 1 atom stereocenters. The summed E-state index contributed by atoms with van der Waals surface area (Å²) in [5, 5.41) is 14.9. The van der Waals surface area contributed by atoms with Gasteiger partial charge in [0, 0.05) is 25.2 Å². The molecule has 0 unspecified atom stereocenters. The van der Waals surface area contributed by atoms with Crippen molar-refractivity contribution in [3.8, 4) is 0 Å². The van der Waals surface area contributed by atoms with Crippen LogP contribution < -0.4 is 5.32 Å². The molecule has 0 aliphatic carbocycles. The first-order chi connectivity index (χ1) is 12.7. The number of hydrogen-bond donors (Lipinski definition) is 1. The summed E-state index contributed by atoms with van der Waals surface area (Å²) in [4.78, 5) is 15.0. The van der Waals surface area contributed by atoms with Gasteiger partial charge in [-0.1, -0.05) is 30.3 Å². The Hall–Kier alpha value is -2.28. The second kappa shape index (κ2) is 7.15. The molecule has 1 amide bonds. The number of carbonyl (C=O) groups excluding carboxylic acids is 1. The second-order valence-electron chi connectivity index (χ2n) is 7.58. The van der Waals surface area contributed by atoms with Gasteiger partial charge in [0.25, 0.3) is 0 Å². The van der Waals surface area contributed by atoms with Crippen molar-refractivity contribution in [2.75, 3.05) is 19.6 Å². The van der Waals surface area contributed by atoms with Crippen molar-refractivity contribution in [2.24, 2.45) is 0 Å². The molecule has 1 N–H and O–H groups in total. The Morgan fingerprint density at radius 2 is 1.96 bits per heavy atom. The fraction of sp³-hybridized carbons (Fsp3) is 0.579. The fourth-order valence-electron chi connectivity index (χ4n) is 4.27. The van der Waals surface area contributed by atoms with Crippen LogP contribution in [0.2, 0.25) is 0 Å². The van der Waals surface area contributed by atoms with Crippen LogP contribution in [0.1, 0.15) is 43.0 Å². The predicted molar refractivity (Wildman–Crippen MR) is 97.5 cm³/mol. The van der Waals surface area contributed by atoms with Crippen LogP contribution >= 0.6 is 0 Å². The van der Waals surface area contributed by atoms with E-state index in [1.165, 1.54) is 0 Å². The molecule has 138 valence electrons. The first kappa shape index (κ1) is 17.1. The lowest BCUT2D eigenvalue weighted by Gasteiger charge is -2.39. The van der Waals surface area contributed by atoms with E-state index in [4.69, 9.17) is 0 Å². The van der Waals surface area contributed by atoms with Crippen LogP contribution in [-0.4, -0.2) is 56.2 Å². The fourth-order valence-corrected chi connectivity index (χ4v) is 4.27. The third-order valence-corrected chi connectivity index (χ3v) is 5.87.